The standard InChI is InChI=1S/C4H2F6N2O6S2/c5-3(6,7)19(15,16)12(2(14)1(11)13)20(17,18)4(8,9)10/h(H2,11,13). The van der Waals surface area contributed by atoms with Gasteiger partial charge in [0.25, 0.3) is 0 Å². The van der Waals surface area contributed by atoms with E-state index in [4.69, 9.17) is 0 Å². The fourth-order valence-electron chi connectivity index (χ4n) is 0.625. The second-order valence-electron chi connectivity index (χ2n) is 2.77. The van der Waals surface area contributed by atoms with Crippen LogP contribution in [0.15, 0.2) is 0 Å². The lowest BCUT2D eigenvalue weighted by Gasteiger charge is -2.22. The van der Waals surface area contributed by atoms with Gasteiger partial charge in [-0.15, -0.1) is 3.71 Å². The zero-order valence-corrected chi connectivity index (χ0v) is 10.2. The maximum Gasteiger partial charge on any atom is 0.517 e. The summed E-state index contributed by atoms with van der Waals surface area (Å²) in [6.07, 6.45) is 0. The number of hydrogen-bond donors (Lipinski definition) is 1. The predicted octanol–water partition coefficient (Wildman–Crippen LogP) is -1.00. The number of primary amides is 1. The number of amides is 2. The molecule has 118 valence electrons. The summed E-state index contributed by atoms with van der Waals surface area (Å²) in [5.74, 6) is -5.90. The van der Waals surface area contributed by atoms with E-state index in [0.717, 1.165) is 0 Å². The minimum absolute atomic E-state index is 2.64. The molecule has 8 nitrogen and oxygen atoms in total. The highest BCUT2D eigenvalue weighted by Gasteiger charge is 2.64. The van der Waals surface area contributed by atoms with Gasteiger partial charge in [-0.05, 0) is 0 Å². The van der Waals surface area contributed by atoms with E-state index in [9.17, 15) is 52.8 Å². The van der Waals surface area contributed by atoms with Gasteiger partial charge in [0.15, 0.2) is 0 Å². The van der Waals surface area contributed by atoms with E-state index in [1.807, 2.05) is 0 Å². The molecule has 0 aliphatic carbocycles. The summed E-state index contributed by atoms with van der Waals surface area (Å²) in [7, 11) is -14.7. The minimum Gasteiger partial charge on any atom is -0.361 e. The van der Waals surface area contributed by atoms with Gasteiger partial charge in [-0.3, -0.25) is 9.59 Å². The van der Waals surface area contributed by atoms with Crippen molar-refractivity contribution in [2.24, 2.45) is 5.73 Å². The molecule has 0 heterocycles. The van der Waals surface area contributed by atoms with Crippen molar-refractivity contribution in [2.75, 3.05) is 0 Å². The zero-order valence-electron chi connectivity index (χ0n) is 8.56. The SMILES string of the molecule is NC(=O)C(=O)N(S(=O)(=O)C(F)(F)F)S(=O)(=O)C(F)(F)F. The van der Waals surface area contributed by atoms with Gasteiger partial charge in [0.05, 0.1) is 0 Å². The van der Waals surface area contributed by atoms with Gasteiger partial charge in [-0.25, -0.2) is 0 Å². The first-order valence-electron chi connectivity index (χ1n) is 3.74. The summed E-state index contributed by atoms with van der Waals surface area (Å²) in [6.45, 7) is 0. The lowest BCUT2D eigenvalue weighted by molar-refractivity contribution is -0.139. The molecule has 20 heavy (non-hydrogen) atoms. The highest BCUT2D eigenvalue weighted by Crippen LogP contribution is 2.35. The molecule has 0 aromatic carbocycles. The van der Waals surface area contributed by atoms with Gasteiger partial charge >= 0.3 is 42.9 Å². The van der Waals surface area contributed by atoms with Crippen molar-refractivity contribution in [2.45, 2.75) is 11.0 Å². The molecule has 0 fully saturated rings. The zero-order chi connectivity index (χ0) is 16.7. The van der Waals surface area contributed by atoms with E-state index in [-0.39, 0.29) is 0 Å². The van der Waals surface area contributed by atoms with Crippen LogP contribution < -0.4 is 5.73 Å². The van der Waals surface area contributed by atoms with E-state index >= 15 is 0 Å². The fraction of sp³-hybridized carbons (Fsp3) is 0.500. The van der Waals surface area contributed by atoms with Crippen molar-refractivity contribution in [3.8, 4) is 0 Å². The Morgan fingerprint density at radius 1 is 0.800 bits per heavy atom. The van der Waals surface area contributed by atoms with Crippen LogP contribution in [0, 0.1) is 0 Å². The van der Waals surface area contributed by atoms with Gasteiger partial charge in [0.2, 0.25) is 0 Å². The van der Waals surface area contributed by atoms with Crippen LogP contribution in [0.5, 0.6) is 0 Å². The van der Waals surface area contributed by atoms with Gasteiger partial charge < -0.3 is 5.73 Å². The van der Waals surface area contributed by atoms with E-state index in [2.05, 4.69) is 5.73 Å². The van der Waals surface area contributed by atoms with Crippen LogP contribution in [0.1, 0.15) is 0 Å². The third-order valence-electron chi connectivity index (χ3n) is 1.40. The Balaban J connectivity index is 6.50. The molecule has 0 unspecified atom stereocenters. The van der Waals surface area contributed by atoms with Gasteiger partial charge in [0, 0.05) is 0 Å². The molecule has 0 radical (unpaired) electrons. The van der Waals surface area contributed by atoms with Crippen LogP contribution in [-0.4, -0.2) is 43.4 Å². The third kappa shape index (κ3) is 2.94. The number of carbonyl (C=O) groups is 2. The lowest BCUT2D eigenvalue weighted by atomic mass is 10.6. The summed E-state index contributed by atoms with van der Waals surface area (Å²) in [6, 6.07) is 0. The maximum atomic E-state index is 12.1. The summed E-state index contributed by atoms with van der Waals surface area (Å²) in [5, 5.41) is 0. The van der Waals surface area contributed by atoms with Crippen LogP contribution >= 0.6 is 0 Å². The van der Waals surface area contributed by atoms with Gasteiger partial charge in [-0.2, -0.15) is 43.2 Å². The Hall–Kier alpha value is -1.58. The highest BCUT2D eigenvalue weighted by atomic mass is 32.3. The van der Waals surface area contributed by atoms with Crippen molar-refractivity contribution in [1.82, 2.24) is 3.71 Å². The molecular weight excluding hydrogens is 350 g/mol. The molecule has 2 amide bonds. The van der Waals surface area contributed by atoms with Crippen molar-refractivity contribution in [3.05, 3.63) is 0 Å². The van der Waals surface area contributed by atoms with E-state index in [1.165, 1.54) is 0 Å². The number of sulfonamides is 2. The second-order valence-corrected chi connectivity index (χ2v) is 6.56. The van der Waals surface area contributed by atoms with Crippen LogP contribution in [0.3, 0.4) is 0 Å². The third-order valence-corrected chi connectivity index (χ3v) is 4.95. The molecule has 0 aromatic rings. The van der Waals surface area contributed by atoms with Crippen molar-refractivity contribution in [3.63, 3.8) is 0 Å². The smallest absolute Gasteiger partial charge is 0.361 e. The minimum atomic E-state index is -7.35. The number of halogens is 6. The first-order valence-corrected chi connectivity index (χ1v) is 6.62. The first-order chi connectivity index (χ1) is 8.48. The lowest BCUT2D eigenvalue weighted by Crippen LogP contribution is -2.55. The highest BCUT2D eigenvalue weighted by molar-refractivity contribution is 8.05. The fourth-order valence-corrected chi connectivity index (χ4v) is 3.16. The molecule has 0 saturated carbocycles. The predicted molar refractivity (Wildman–Crippen MR) is 46.0 cm³/mol. The second kappa shape index (κ2) is 4.76. The maximum absolute atomic E-state index is 12.1. The molecular formula is C4H2F6N2O6S2. The molecule has 0 spiro atoms. The normalized spacial score (nSPS) is 13.9. The Morgan fingerprint density at radius 2 is 1.05 bits per heavy atom. The number of nitrogens with zero attached hydrogens (tertiary/aromatic N) is 1. The van der Waals surface area contributed by atoms with Crippen LogP contribution in [0.25, 0.3) is 0 Å². The van der Waals surface area contributed by atoms with Crippen LogP contribution in [0.4, 0.5) is 26.3 Å². The first kappa shape index (κ1) is 18.4. The molecule has 2 N–H and O–H groups in total. The summed E-state index contributed by atoms with van der Waals surface area (Å²) in [4.78, 5) is 21.0. The average Bonchev–Trinajstić information content (AvgIpc) is 2.12. The van der Waals surface area contributed by atoms with E-state index in [1.54, 1.807) is 0 Å². The summed E-state index contributed by atoms with van der Waals surface area (Å²) < 4.78 is 112. The number of carbonyl (C=O) groups excluding carboxylic acids is 2. The molecule has 16 heteroatoms. The van der Waals surface area contributed by atoms with E-state index in [0.29, 0.717) is 0 Å². The number of nitrogens with two attached hydrogens (primary N) is 1. The molecule has 0 rings (SSSR count). The van der Waals surface area contributed by atoms with Gasteiger partial charge in [-0.1, -0.05) is 0 Å². The van der Waals surface area contributed by atoms with Crippen molar-refractivity contribution < 1.29 is 52.8 Å². The van der Waals surface area contributed by atoms with Crippen molar-refractivity contribution >= 4 is 31.9 Å². The molecule has 0 atom stereocenters. The van der Waals surface area contributed by atoms with E-state index < -0.39 is 46.6 Å². The van der Waals surface area contributed by atoms with Gasteiger partial charge in [0.1, 0.15) is 0 Å². The quantitative estimate of drug-likeness (QED) is 0.501. The molecule has 0 aliphatic heterocycles. The monoisotopic (exact) mass is 352 g/mol. The topological polar surface area (TPSA) is 132 Å². The largest absolute Gasteiger partial charge is 0.517 e. The Kier molecular flexibility index (Phi) is 4.38. The molecule has 0 bridgehead atoms. The Labute approximate surface area is 106 Å². The molecule has 0 saturated heterocycles. The Bertz CT molecular complexity index is 585. The molecule has 0 aromatic heterocycles. The Morgan fingerprint density at radius 3 is 1.20 bits per heavy atom. The number of hydrogen-bond acceptors (Lipinski definition) is 6. The average molecular weight is 352 g/mol. The summed E-state index contributed by atoms with van der Waals surface area (Å²) >= 11 is 0. The van der Waals surface area contributed by atoms with Crippen LogP contribution in [-0.2, 0) is 29.6 Å². The van der Waals surface area contributed by atoms with Crippen molar-refractivity contribution in [1.29, 1.82) is 0 Å². The number of alkyl halides is 6. The summed E-state index contributed by atoms with van der Waals surface area (Å²) in [5.41, 5.74) is -9.18. The van der Waals surface area contributed by atoms with Crippen LogP contribution in [0.2, 0.25) is 0 Å². The number of rotatable bonds is 2. The molecule has 0 aliphatic rings.